The summed E-state index contributed by atoms with van der Waals surface area (Å²) in [6.07, 6.45) is 10.7. The van der Waals surface area contributed by atoms with Gasteiger partial charge in [-0.25, -0.2) is 0 Å². The average Bonchev–Trinajstić information content (AvgIpc) is 2.50. The van der Waals surface area contributed by atoms with Gasteiger partial charge in [-0.15, -0.1) is 0 Å². The van der Waals surface area contributed by atoms with Crippen LogP contribution in [0.3, 0.4) is 0 Å². The van der Waals surface area contributed by atoms with Gasteiger partial charge in [0.25, 0.3) is 0 Å². The maximum atomic E-state index is 2.54. The third-order valence-electron chi connectivity index (χ3n) is 7.58. The van der Waals surface area contributed by atoms with E-state index in [0.717, 1.165) is 23.7 Å². The molecule has 3 unspecified atom stereocenters. The normalized spacial score (nSPS) is 33.0. The molecule has 0 saturated heterocycles. The van der Waals surface area contributed by atoms with E-state index >= 15 is 0 Å². The van der Waals surface area contributed by atoms with Gasteiger partial charge in [0.15, 0.2) is 0 Å². The minimum absolute atomic E-state index is 0.439. The zero-order valence-corrected chi connectivity index (χ0v) is 18.6. The van der Waals surface area contributed by atoms with Crippen LogP contribution in [-0.2, 0) is 0 Å². The van der Waals surface area contributed by atoms with E-state index in [1.807, 2.05) is 25.0 Å². The lowest BCUT2D eigenvalue weighted by molar-refractivity contribution is 0.188. The van der Waals surface area contributed by atoms with Crippen LogP contribution in [0.1, 0.15) is 101 Å². The number of hydrogen-bond acceptors (Lipinski definition) is 0. The van der Waals surface area contributed by atoms with Gasteiger partial charge >= 0.3 is 0 Å². The van der Waals surface area contributed by atoms with Crippen molar-refractivity contribution in [2.45, 2.75) is 101 Å². The Balaban J connectivity index is 0.00000109. The van der Waals surface area contributed by atoms with Crippen molar-refractivity contribution in [1.29, 1.82) is 0 Å². The quantitative estimate of drug-likeness (QED) is 0.453. The summed E-state index contributed by atoms with van der Waals surface area (Å²) in [5.74, 6) is 3.45. The Morgan fingerprint density at radius 2 is 1.48 bits per heavy atom. The molecule has 3 rings (SSSR count). The molecule has 0 N–H and O–H groups in total. The van der Waals surface area contributed by atoms with E-state index in [-0.39, 0.29) is 0 Å². The number of rotatable bonds is 3. The summed E-state index contributed by atoms with van der Waals surface area (Å²) in [6.45, 7) is 21.3. The lowest BCUT2D eigenvalue weighted by atomic mass is 9.55. The van der Waals surface area contributed by atoms with Crippen LogP contribution in [0.4, 0.5) is 0 Å². The average molecular weight is 345 g/mol. The van der Waals surface area contributed by atoms with E-state index in [1.54, 1.807) is 5.57 Å². The van der Waals surface area contributed by atoms with Gasteiger partial charge in [-0.05, 0) is 73.0 Å². The highest BCUT2D eigenvalue weighted by Gasteiger charge is 2.43. The van der Waals surface area contributed by atoms with Gasteiger partial charge in [-0.1, -0.05) is 85.1 Å². The van der Waals surface area contributed by atoms with Crippen molar-refractivity contribution in [2.24, 2.45) is 34.5 Å². The molecule has 0 fully saturated rings. The highest BCUT2D eigenvalue weighted by Crippen LogP contribution is 2.56. The van der Waals surface area contributed by atoms with Crippen LogP contribution < -0.4 is 0 Å². The molecule has 0 aliphatic heterocycles. The lowest BCUT2D eigenvalue weighted by Gasteiger charge is -2.50. The summed E-state index contributed by atoms with van der Waals surface area (Å²) in [5, 5.41) is 0. The van der Waals surface area contributed by atoms with Gasteiger partial charge < -0.3 is 0 Å². The molecule has 25 heavy (non-hydrogen) atoms. The molecule has 0 heterocycles. The Morgan fingerprint density at radius 1 is 0.960 bits per heavy atom. The third kappa shape index (κ3) is 4.09. The molecule has 144 valence electrons. The first-order valence-electron chi connectivity index (χ1n) is 11.0. The third-order valence-corrected chi connectivity index (χ3v) is 7.58. The zero-order chi connectivity index (χ0) is 19.0. The zero-order valence-electron chi connectivity index (χ0n) is 18.6. The second-order valence-corrected chi connectivity index (χ2v) is 10.4. The fraction of sp³-hybridized carbons (Fsp3) is 0.840. The van der Waals surface area contributed by atoms with E-state index < -0.39 is 0 Å². The standard InChI is InChI=1S/C23H38.C2H6/c1-15(2)19-9-8-17(19)13-18-14-21-20(12-16(18)3)22(4,5)10-11-23(21,6)7;1-2/h8,15-16,18-19H,9-14H2,1-7H3;1-2H3. The molecular formula is C25H44. The molecule has 0 aromatic rings. The molecule has 0 bridgehead atoms. The van der Waals surface area contributed by atoms with E-state index in [4.69, 9.17) is 0 Å². The van der Waals surface area contributed by atoms with E-state index in [1.165, 1.54) is 38.5 Å². The predicted molar refractivity (Wildman–Crippen MR) is 113 cm³/mol. The molecule has 0 amide bonds. The SMILES string of the molecule is CC.CC(C)C1CC=C1CC1CC2=C(CC1C)C(C)(C)CCC2(C)C. The summed E-state index contributed by atoms with van der Waals surface area (Å²) in [5.41, 5.74) is 6.35. The van der Waals surface area contributed by atoms with Crippen molar-refractivity contribution in [1.82, 2.24) is 0 Å². The van der Waals surface area contributed by atoms with Crippen molar-refractivity contribution in [3.8, 4) is 0 Å². The minimum atomic E-state index is 0.439. The lowest BCUT2D eigenvalue weighted by Crippen LogP contribution is -2.37. The molecular weight excluding hydrogens is 300 g/mol. The van der Waals surface area contributed by atoms with Crippen molar-refractivity contribution in [2.75, 3.05) is 0 Å². The van der Waals surface area contributed by atoms with Crippen molar-refractivity contribution in [3.63, 3.8) is 0 Å². The molecule has 0 aromatic carbocycles. The van der Waals surface area contributed by atoms with Crippen LogP contribution >= 0.6 is 0 Å². The Kier molecular flexibility index (Phi) is 6.33. The second kappa shape index (κ2) is 7.61. The van der Waals surface area contributed by atoms with Gasteiger partial charge in [0, 0.05) is 0 Å². The summed E-state index contributed by atoms with van der Waals surface area (Å²) < 4.78 is 0. The first kappa shape index (κ1) is 20.8. The van der Waals surface area contributed by atoms with Crippen LogP contribution in [0, 0.1) is 34.5 Å². The molecule has 0 radical (unpaired) electrons. The van der Waals surface area contributed by atoms with E-state index in [2.05, 4.69) is 54.5 Å². The summed E-state index contributed by atoms with van der Waals surface area (Å²) in [4.78, 5) is 0. The summed E-state index contributed by atoms with van der Waals surface area (Å²) in [7, 11) is 0. The smallest absolute Gasteiger partial charge is 0.0141 e. The molecule has 3 atom stereocenters. The molecule has 3 aliphatic rings. The van der Waals surface area contributed by atoms with Crippen molar-refractivity contribution < 1.29 is 0 Å². The van der Waals surface area contributed by atoms with E-state index in [0.29, 0.717) is 10.8 Å². The molecule has 3 aliphatic carbocycles. The Bertz CT molecular complexity index is 526. The Labute approximate surface area is 158 Å². The molecule has 0 aromatic heterocycles. The highest BCUT2D eigenvalue weighted by atomic mass is 14.5. The number of allylic oxidation sites excluding steroid dienone is 4. The van der Waals surface area contributed by atoms with E-state index in [9.17, 15) is 0 Å². The van der Waals surface area contributed by atoms with Gasteiger partial charge in [0.1, 0.15) is 0 Å². The van der Waals surface area contributed by atoms with Crippen molar-refractivity contribution >= 4 is 0 Å². The van der Waals surface area contributed by atoms with Crippen LogP contribution in [0.15, 0.2) is 22.8 Å². The monoisotopic (exact) mass is 344 g/mol. The number of hydrogen-bond donors (Lipinski definition) is 0. The Morgan fingerprint density at radius 3 is 1.92 bits per heavy atom. The highest BCUT2D eigenvalue weighted by molar-refractivity contribution is 5.33. The largest absolute Gasteiger partial charge is 0.0844 e. The van der Waals surface area contributed by atoms with Gasteiger partial charge in [-0.2, -0.15) is 0 Å². The summed E-state index contributed by atoms with van der Waals surface area (Å²) >= 11 is 0. The fourth-order valence-corrected chi connectivity index (χ4v) is 5.43. The summed E-state index contributed by atoms with van der Waals surface area (Å²) in [6, 6.07) is 0. The minimum Gasteiger partial charge on any atom is -0.0844 e. The predicted octanol–water partition coefficient (Wildman–Crippen LogP) is 8.19. The molecule has 0 nitrogen and oxygen atoms in total. The topological polar surface area (TPSA) is 0 Å². The molecule has 0 spiro atoms. The maximum absolute atomic E-state index is 2.54. The van der Waals surface area contributed by atoms with Gasteiger partial charge in [0.05, 0.1) is 0 Å². The van der Waals surface area contributed by atoms with Crippen LogP contribution in [-0.4, -0.2) is 0 Å². The van der Waals surface area contributed by atoms with Crippen LogP contribution in [0.2, 0.25) is 0 Å². The first-order valence-corrected chi connectivity index (χ1v) is 11.0. The van der Waals surface area contributed by atoms with Crippen LogP contribution in [0.25, 0.3) is 0 Å². The second-order valence-electron chi connectivity index (χ2n) is 10.4. The maximum Gasteiger partial charge on any atom is -0.0141 e. The van der Waals surface area contributed by atoms with Gasteiger partial charge in [-0.3, -0.25) is 0 Å². The molecule has 0 saturated carbocycles. The van der Waals surface area contributed by atoms with Gasteiger partial charge in [0.2, 0.25) is 0 Å². The van der Waals surface area contributed by atoms with Crippen LogP contribution in [0.5, 0.6) is 0 Å². The Hall–Kier alpha value is -0.520. The first-order chi connectivity index (χ1) is 11.6. The van der Waals surface area contributed by atoms with Crippen molar-refractivity contribution in [3.05, 3.63) is 22.8 Å². The fourth-order valence-electron chi connectivity index (χ4n) is 5.43. The molecule has 0 heteroatoms.